The third-order valence-corrected chi connectivity index (χ3v) is 2.17. The van der Waals surface area contributed by atoms with Crippen molar-refractivity contribution < 1.29 is 9.47 Å². The number of rotatable bonds is 4. The van der Waals surface area contributed by atoms with Gasteiger partial charge in [0.1, 0.15) is 0 Å². The van der Waals surface area contributed by atoms with Crippen molar-refractivity contribution in [1.82, 2.24) is 0 Å². The molecule has 0 fully saturated rings. The van der Waals surface area contributed by atoms with Crippen LogP contribution in [0.1, 0.15) is 19.4 Å². The second kappa shape index (κ2) is 4.91. The largest absolute Gasteiger partial charge is 0.493 e. The molecule has 0 heterocycles. The quantitative estimate of drug-likeness (QED) is 0.827. The molecule has 0 saturated carbocycles. The number of hydrogen-bond donors (Lipinski definition) is 1. The Morgan fingerprint density at radius 3 is 2.07 bits per heavy atom. The van der Waals surface area contributed by atoms with E-state index in [9.17, 15) is 0 Å². The molecule has 0 unspecified atom stereocenters. The van der Waals surface area contributed by atoms with Crippen molar-refractivity contribution in [3.05, 3.63) is 17.7 Å². The number of anilines is 1. The van der Waals surface area contributed by atoms with E-state index in [2.05, 4.69) is 19.2 Å². The summed E-state index contributed by atoms with van der Waals surface area (Å²) in [6.45, 7) is 6.26. The molecular formula is C12H19NO2. The van der Waals surface area contributed by atoms with Gasteiger partial charge in [-0.2, -0.15) is 0 Å². The second-order valence-corrected chi connectivity index (χ2v) is 3.82. The van der Waals surface area contributed by atoms with Gasteiger partial charge in [0.15, 0.2) is 11.5 Å². The van der Waals surface area contributed by atoms with Crippen LogP contribution in [-0.2, 0) is 0 Å². The second-order valence-electron chi connectivity index (χ2n) is 3.82. The number of nitrogens with one attached hydrogen (secondary N) is 1. The fourth-order valence-corrected chi connectivity index (χ4v) is 1.45. The lowest BCUT2D eigenvalue weighted by Gasteiger charge is -2.16. The van der Waals surface area contributed by atoms with Crippen LogP contribution in [0.4, 0.5) is 5.69 Å². The minimum absolute atomic E-state index is 0.404. The first-order valence-corrected chi connectivity index (χ1v) is 5.07. The van der Waals surface area contributed by atoms with Crippen molar-refractivity contribution in [2.45, 2.75) is 26.8 Å². The lowest BCUT2D eigenvalue weighted by atomic mass is 10.1. The molecule has 0 atom stereocenters. The van der Waals surface area contributed by atoms with Crippen molar-refractivity contribution in [3.8, 4) is 11.5 Å². The number of methoxy groups -OCH3 is 2. The summed E-state index contributed by atoms with van der Waals surface area (Å²) in [4.78, 5) is 0. The Morgan fingerprint density at radius 1 is 1.07 bits per heavy atom. The molecule has 3 heteroatoms. The van der Waals surface area contributed by atoms with E-state index >= 15 is 0 Å². The Labute approximate surface area is 91.4 Å². The smallest absolute Gasteiger partial charge is 0.162 e. The normalized spacial score (nSPS) is 10.3. The van der Waals surface area contributed by atoms with Gasteiger partial charge in [0.05, 0.1) is 14.2 Å². The van der Waals surface area contributed by atoms with Crippen molar-refractivity contribution in [2.75, 3.05) is 19.5 Å². The van der Waals surface area contributed by atoms with E-state index in [4.69, 9.17) is 9.47 Å². The van der Waals surface area contributed by atoms with Crippen molar-refractivity contribution in [3.63, 3.8) is 0 Å². The highest BCUT2D eigenvalue weighted by Crippen LogP contribution is 2.33. The Morgan fingerprint density at radius 2 is 1.60 bits per heavy atom. The van der Waals surface area contributed by atoms with Crippen LogP contribution in [0.3, 0.4) is 0 Å². The molecule has 1 N–H and O–H groups in total. The third kappa shape index (κ3) is 2.78. The highest BCUT2D eigenvalue weighted by Gasteiger charge is 2.08. The van der Waals surface area contributed by atoms with Crippen molar-refractivity contribution >= 4 is 5.69 Å². The predicted octanol–water partition coefficient (Wildman–Crippen LogP) is 2.83. The van der Waals surface area contributed by atoms with Crippen LogP contribution in [-0.4, -0.2) is 20.3 Å². The number of aryl methyl sites for hydroxylation is 1. The zero-order valence-electron chi connectivity index (χ0n) is 10.0. The van der Waals surface area contributed by atoms with Crippen molar-refractivity contribution in [2.24, 2.45) is 0 Å². The monoisotopic (exact) mass is 209 g/mol. The lowest BCUT2D eigenvalue weighted by Crippen LogP contribution is -2.11. The summed E-state index contributed by atoms with van der Waals surface area (Å²) in [6.07, 6.45) is 0. The lowest BCUT2D eigenvalue weighted by molar-refractivity contribution is 0.355. The molecule has 0 spiro atoms. The summed E-state index contributed by atoms with van der Waals surface area (Å²) in [6, 6.07) is 4.35. The summed E-state index contributed by atoms with van der Waals surface area (Å²) < 4.78 is 10.5. The molecule has 0 aliphatic carbocycles. The minimum atomic E-state index is 0.404. The zero-order valence-corrected chi connectivity index (χ0v) is 10.0. The SMILES string of the molecule is COc1cc(C)c(NC(C)C)cc1OC. The van der Waals surface area contributed by atoms with Crippen LogP contribution in [0.15, 0.2) is 12.1 Å². The summed E-state index contributed by atoms with van der Waals surface area (Å²) >= 11 is 0. The van der Waals surface area contributed by atoms with Gasteiger partial charge < -0.3 is 14.8 Å². The first-order valence-electron chi connectivity index (χ1n) is 5.07. The van der Waals surface area contributed by atoms with Crippen LogP contribution < -0.4 is 14.8 Å². The standard InChI is InChI=1S/C12H19NO2/c1-8(2)13-10-7-12(15-5)11(14-4)6-9(10)3/h6-8,13H,1-5H3. The maximum Gasteiger partial charge on any atom is 0.162 e. The Kier molecular flexibility index (Phi) is 3.83. The fourth-order valence-electron chi connectivity index (χ4n) is 1.45. The third-order valence-electron chi connectivity index (χ3n) is 2.17. The van der Waals surface area contributed by atoms with E-state index in [-0.39, 0.29) is 0 Å². The average molecular weight is 209 g/mol. The van der Waals surface area contributed by atoms with Crippen LogP contribution in [0.25, 0.3) is 0 Å². The van der Waals surface area contributed by atoms with E-state index in [1.54, 1.807) is 14.2 Å². The molecule has 1 aromatic rings. The molecule has 0 amide bonds. The summed E-state index contributed by atoms with van der Waals surface area (Å²) in [5, 5.41) is 3.36. The van der Waals surface area contributed by atoms with E-state index in [0.29, 0.717) is 6.04 Å². The molecule has 3 nitrogen and oxygen atoms in total. The van der Waals surface area contributed by atoms with Crippen molar-refractivity contribution in [1.29, 1.82) is 0 Å². The van der Waals surface area contributed by atoms with Crippen LogP contribution in [0.2, 0.25) is 0 Å². The van der Waals surface area contributed by atoms with Gasteiger partial charge in [0, 0.05) is 17.8 Å². The van der Waals surface area contributed by atoms with E-state index < -0.39 is 0 Å². The minimum Gasteiger partial charge on any atom is -0.493 e. The topological polar surface area (TPSA) is 30.5 Å². The maximum atomic E-state index is 5.25. The van der Waals surface area contributed by atoms with Gasteiger partial charge in [0.25, 0.3) is 0 Å². The van der Waals surface area contributed by atoms with Crippen LogP contribution in [0.5, 0.6) is 11.5 Å². The van der Waals surface area contributed by atoms with Gasteiger partial charge in [-0.05, 0) is 32.4 Å². The molecule has 0 bridgehead atoms. The Balaban J connectivity index is 3.08. The molecule has 15 heavy (non-hydrogen) atoms. The van der Waals surface area contributed by atoms with Crippen LogP contribution >= 0.6 is 0 Å². The zero-order chi connectivity index (χ0) is 11.4. The average Bonchev–Trinajstić information content (AvgIpc) is 2.19. The number of ether oxygens (including phenoxy) is 2. The first kappa shape index (κ1) is 11.7. The molecule has 0 saturated heterocycles. The van der Waals surface area contributed by atoms with E-state index in [0.717, 1.165) is 22.7 Å². The van der Waals surface area contributed by atoms with Gasteiger partial charge in [-0.25, -0.2) is 0 Å². The maximum absolute atomic E-state index is 5.25. The molecule has 0 aliphatic heterocycles. The summed E-state index contributed by atoms with van der Waals surface area (Å²) in [5.41, 5.74) is 2.24. The Bertz CT molecular complexity index is 335. The molecule has 0 aromatic heterocycles. The Hall–Kier alpha value is -1.38. The fraction of sp³-hybridized carbons (Fsp3) is 0.500. The van der Waals surface area contributed by atoms with Gasteiger partial charge in [-0.3, -0.25) is 0 Å². The highest BCUT2D eigenvalue weighted by molar-refractivity contribution is 5.60. The van der Waals surface area contributed by atoms with Crippen LogP contribution in [0, 0.1) is 6.92 Å². The molecule has 0 radical (unpaired) electrons. The molecule has 84 valence electrons. The van der Waals surface area contributed by atoms with Gasteiger partial charge in [-0.1, -0.05) is 0 Å². The summed E-state index contributed by atoms with van der Waals surface area (Å²) in [5.74, 6) is 1.52. The van der Waals surface area contributed by atoms with Gasteiger partial charge >= 0.3 is 0 Å². The van der Waals surface area contributed by atoms with E-state index in [1.165, 1.54) is 0 Å². The molecule has 1 rings (SSSR count). The molecular weight excluding hydrogens is 190 g/mol. The summed E-state index contributed by atoms with van der Waals surface area (Å²) in [7, 11) is 3.29. The van der Waals surface area contributed by atoms with Gasteiger partial charge in [-0.15, -0.1) is 0 Å². The van der Waals surface area contributed by atoms with Gasteiger partial charge in [0.2, 0.25) is 0 Å². The highest BCUT2D eigenvalue weighted by atomic mass is 16.5. The predicted molar refractivity (Wildman–Crippen MR) is 63.0 cm³/mol. The number of benzene rings is 1. The van der Waals surface area contributed by atoms with E-state index in [1.807, 2.05) is 19.1 Å². The molecule has 1 aromatic carbocycles. The first-order chi connectivity index (χ1) is 7.08. The molecule has 0 aliphatic rings. The number of hydrogen-bond acceptors (Lipinski definition) is 3.